The third-order valence-electron chi connectivity index (χ3n) is 1.60. The lowest BCUT2D eigenvalue weighted by atomic mass is 10.3. The van der Waals surface area contributed by atoms with E-state index in [-0.39, 0.29) is 0 Å². The van der Waals surface area contributed by atoms with Crippen LogP contribution in [0.15, 0.2) is 0 Å². The van der Waals surface area contributed by atoms with Crippen LogP contribution in [0.5, 0.6) is 0 Å². The van der Waals surface area contributed by atoms with Crippen LogP contribution < -0.4 is 0 Å². The van der Waals surface area contributed by atoms with E-state index in [9.17, 15) is 4.79 Å². The maximum absolute atomic E-state index is 10.5. The zero-order valence-electron chi connectivity index (χ0n) is 7.87. The number of rotatable bonds is 5. The van der Waals surface area contributed by atoms with Gasteiger partial charge in [0.25, 0.3) is 0 Å². The zero-order chi connectivity index (χ0) is 8.85. The Morgan fingerprint density at radius 3 is 2.09 bits per heavy atom. The number of hydrogen-bond donors (Lipinski definition) is 0. The molecule has 0 rings (SSSR count). The van der Waals surface area contributed by atoms with Crippen molar-refractivity contribution in [1.82, 2.24) is 9.80 Å². The third kappa shape index (κ3) is 4.79. The summed E-state index contributed by atoms with van der Waals surface area (Å²) in [6.45, 7) is 5.78. The quantitative estimate of drug-likeness (QED) is 0.541. The molecule has 66 valence electrons. The standard InChI is InChI=1S/C8H18N2O/c1-8(2)10(7-11)6-5-9(3)4/h7-8H,5-6H2,1-4H3. The first-order valence-electron chi connectivity index (χ1n) is 3.93. The molecule has 0 bridgehead atoms. The molecule has 0 aromatic carbocycles. The lowest BCUT2D eigenvalue weighted by molar-refractivity contribution is -0.119. The van der Waals surface area contributed by atoms with Gasteiger partial charge in [0, 0.05) is 19.1 Å². The van der Waals surface area contributed by atoms with E-state index in [1.807, 2.05) is 27.9 Å². The molecule has 0 fully saturated rings. The molecular formula is C8H18N2O. The number of hydrogen-bond acceptors (Lipinski definition) is 2. The molecule has 0 heterocycles. The summed E-state index contributed by atoms with van der Waals surface area (Å²) >= 11 is 0. The van der Waals surface area contributed by atoms with Crippen molar-refractivity contribution >= 4 is 6.41 Å². The fraction of sp³-hybridized carbons (Fsp3) is 0.875. The minimum absolute atomic E-state index is 0.312. The topological polar surface area (TPSA) is 23.6 Å². The first-order valence-corrected chi connectivity index (χ1v) is 3.93. The van der Waals surface area contributed by atoms with Gasteiger partial charge >= 0.3 is 0 Å². The lowest BCUT2D eigenvalue weighted by Gasteiger charge is -2.23. The summed E-state index contributed by atoms with van der Waals surface area (Å²) in [6, 6.07) is 0.312. The molecule has 0 N–H and O–H groups in total. The molecule has 0 unspecified atom stereocenters. The third-order valence-corrected chi connectivity index (χ3v) is 1.60. The summed E-state index contributed by atoms with van der Waals surface area (Å²) in [7, 11) is 4.01. The number of amides is 1. The largest absolute Gasteiger partial charge is 0.342 e. The van der Waals surface area contributed by atoms with Gasteiger partial charge < -0.3 is 9.80 Å². The van der Waals surface area contributed by atoms with Crippen molar-refractivity contribution in [2.45, 2.75) is 19.9 Å². The van der Waals surface area contributed by atoms with Gasteiger partial charge in [0.1, 0.15) is 0 Å². The van der Waals surface area contributed by atoms with E-state index in [1.54, 1.807) is 4.90 Å². The average Bonchev–Trinajstić information content (AvgIpc) is 1.87. The van der Waals surface area contributed by atoms with E-state index in [2.05, 4.69) is 4.90 Å². The molecule has 1 amide bonds. The average molecular weight is 158 g/mol. The predicted octanol–water partition coefficient (Wildman–Crippen LogP) is 0.415. The number of carbonyl (C=O) groups excluding carboxylic acids is 1. The number of carbonyl (C=O) groups is 1. The molecule has 3 nitrogen and oxygen atoms in total. The Labute approximate surface area is 69.0 Å². The maximum Gasteiger partial charge on any atom is 0.209 e. The van der Waals surface area contributed by atoms with Gasteiger partial charge in [-0.15, -0.1) is 0 Å². The van der Waals surface area contributed by atoms with Crippen molar-refractivity contribution in [1.29, 1.82) is 0 Å². The second-order valence-electron chi connectivity index (χ2n) is 3.24. The smallest absolute Gasteiger partial charge is 0.209 e. The van der Waals surface area contributed by atoms with Crippen LogP contribution in [0.1, 0.15) is 13.8 Å². The van der Waals surface area contributed by atoms with Crippen LogP contribution in [-0.4, -0.2) is 49.4 Å². The van der Waals surface area contributed by atoms with Crippen molar-refractivity contribution in [3.05, 3.63) is 0 Å². The molecule has 0 radical (unpaired) electrons. The molecular weight excluding hydrogens is 140 g/mol. The van der Waals surface area contributed by atoms with Crippen LogP contribution in [0.25, 0.3) is 0 Å². The monoisotopic (exact) mass is 158 g/mol. The highest BCUT2D eigenvalue weighted by Gasteiger charge is 2.04. The van der Waals surface area contributed by atoms with Crippen LogP contribution in [0, 0.1) is 0 Å². The van der Waals surface area contributed by atoms with Crippen molar-refractivity contribution in [3.63, 3.8) is 0 Å². The molecule has 0 aromatic heterocycles. The van der Waals surface area contributed by atoms with Gasteiger partial charge in [0.15, 0.2) is 0 Å². The highest BCUT2D eigenvalue weighted by atomic mass is 16.1. The summed E-state index contributed by atoms with van der Waals surface area (Å²) in [5.41, 5.74) is 0. The van der Waals surface area contributed by atoms with Gasteiger partial charge in [-0.2, -0.15) is 0 Å². The molecule has 0 spiro atoms. The highest BCUT2D eigenvalue weighted by Crippen LogP contribution is 1.92. The van der Waals surface area contributed by atoms with E-state index < -0.39 is 0 Å². The van der Waals surface area contributed by atoms with Crippen LogP contribution in [0.3, 0.4) is 0 Å². The zero-order valence-corrected chi connectivity index (χ0v) is 7.87. The molecule has 11 heavy (non-hydrogen) atoms. The Morgan fingerprint density at radius 2 is 1.82 bits per heavy atom. The van der Waals surface area contributed by atoms with Gasteiger partial charge in [0.05, 0.1) is 0 Å². The van der Waals surface area contributed by atoms with Gasteiger partial charge in [-0.05, 0) is 27.9 Å². The van der Waals surface area contributed by atoms with Crippen molar-refractivity contribution < 1.29 is 4.79 Å². The summed E-state index contributed by atoms with van der Waals surface area (Å²) < 4.78 is 0. The first kappa shape index (κ1) is 10.4. The fourth-order valence-electron chi connectivity index (χ4n) is 0.748. The Morgan fingerprint density at radius 1 is 1.27 bits per heavy atom. The number of nitrogens with zero attached hydrogens (tertiary/aromatic N) is 2. The van der Waals surface area contributed by atoms with Crippen molar-refractivity contribution in [3.8, 4) is 0 Å². The Hall–Kier alpha value is -0.570. The Bertz CT molecular complexity index is 113. The SMILES string of the molecule is CC(C)N(C=O)CCN(C)C. The first-order chi connectivity index (χ1) is 5.07. The van der Waals surface area contributed by atoms with Gasteiger partial charge in [-0.25, -0.2) is 0 Å². The van der Waals surface area contributed by atoms with Crippen LogP contribution in [0.4, 0.5) is 0 Å². The van der Waals surface area contributed by atoms with Crippen LogP contribution >= 0.6 is 0 Å². The fourth-order valence-corrected chi connectivity index (χ4v) is 0.748. The highest BCUT2D eigenvalue weighted by molar-refractivity contribution is 5.47. The Kier molecular flexibility index (Phi) is 4.86. The second kappa shape index (κ2) is 5.13. The van der Waals surface area contributed by atoms with Crippen LogP contribution in [0.2, 0.25) is 0 Å². The van der Waals surface area contributed by atoms with Crippen molar-refractivity contribution in [2.75, 3.05) is 27.2 Å². The summed E-state index contributed by atoms with van der Waals surface area (Å²) in [5, 5.41) is 0. The molecule has 0 aliphatic carbocycles. The van der Waals surface area contributed by atoms with E-state index in [0.717, 1.165) is 19.5 Å². The normalized spacial score (nSPS) is 10.7. The summed E-state index contributed by atoms with van der Waals surface area (Å²) in [4.78, 5) is 14.3. The molecule has 0 saturated carbocycles. The van der Waals surface area contributed by atoms with Crippen molar-refractivity contribution in [2.24, 2.45) is 0 Å². The Balaban J connectivity index is 3.61. The van der Waals surface area contributed by atoms with Crippen LogP contribution in [-0.2, 0) is 4.79 Å². The maximum atomic E-state index is 10.5. The predicted molar refractivity (Wildman–Crippen MR) is 46.5 cm³/mol. The lowest BCUT2D eigenvalue weighted by Crippen LogP contribution is -2.35. The molecule has 0 aliphatic rings. The molecule has 0 atom stereocenters. The minimum Gasteiger partial charge on any atom is -0.342 e. The summed E-state index contributed by atoms with van der Waals surface area (Å²) in [5.74, 6) is 0. The second-order valence-corrected chi connectivity index (χ2v) is 3.24. The molecule has 0 aromatic rings. The molecule has 0 aliphatic heterocycles. The van der Waals surface area contributed by atoms with E-state index >= 15 is 0 Å². The van der Waals surface area contributed by atoms with Gasteiger partial charge in [0.2, 0.25) is 6.41 Å². The van der Waals surface area contributed by atoms with E-state index in [4.69, 9.17) is 0 Å². The van der Waals surface area contributed by atoms with E-state index in [1.165, 1.54) is 0 Å². The van der Waals surface area contributed by atoms with Gasteiger partial charge in [-0.3, -0.25) is 4.79 Å². The minimum atomic E-state index is 0.312. The molecule has 0 saturated heterocycles. The van der Waals surface area contributed by atoms with E-state index in [0.29, 0.717) is 6.04 Å². The molecule has 3 heteroatoms. The number of likely N-dealkylation sites (N-methyl/N-ethyl adjacent to an activating group) is 1. The van der Waals surface area contributed by atoms with Gasteiger partial charge in [-0.1, -0.05) is 0 Å². The summed E-state index contributed by atoms with van der Waals surface area (Å²) in [6.07, 6.45) is 0.911.